The topological polar surface area (TPSA) is 75.7 Å². The molecule has 2 unspecified atom stereocenters. The summed E-state index contributed by atoms with van der Waals surface area (Å²) < 4.78 is 31.2. The van der Waals surface area contributed by atoms with Gasteiger partial charge in [0.05, 0.1) is 13.4 Å². The van der Waals surface area contributed by atoms with Crippen LogP contribution >= 0.6 is 0 Å². The van der Waals surface area contributed by atoms with E-state index >= 15 is 0 Å². The zero-order valence-corrected chi connectivity index (χ0v) is 17.7. The molecule has 0 spiro atoms. The van der Waals surface area contributed by atoms with Gasteiger partial charge in [-0.1, -0.05) is 30.3 Å². The smallest absolute Gasteiger partial charge is 0.220 e. The molecule has 2 atom stereocenters. The monoisotopic (exact) mass is 416 g/mol. The van der Waals surface area contributed by atoms with Crippen molar-refractivity contribution in [3.63, 3.8) is 0 Å². The normalized spacial score (nSPS) is 24.6. The molecule has 29 heavy (non-hydrogen) atoms. The molecule has 2 aliphatic rings. The second-order valence-electron chi connectivity index (χ2n) is 8.18. The van der Waals surface area contributed by atoms with E-state index in [9.17, 15) is 13.2 Å². The van der Waals surface area contributed by atoms with Crippen LogP contribution in [0.2, 0.25) is 0 Å². The Labute approximate surface area is 172 Å². The first-order chi connectivity index (χ1) is 13.9. The summed E-state index contributed by atoms with van der Waals surface area (Å²) in [5.41, 5.74) is 1.05. The van der Waals surface area contributed by atoms with Gasteiger partial charge in [0.15, 0.2) is 0 Å². The van der Waals surface area contributed by atoms with Gasteiger partial charge < -0.3 is 10.1 Å². The predicted molar refractivity (Wildman–Crippen MR) is 113 cm³/mol. The maximum atomic E-state index is 12.6. The molecule has 0 radical (unpaired) electrons. The number of fused-ring (bicyclic) bond motifs is 3. The maximum absolute atomic E-state index is 12.6. The minimum absolute atomic E-state index is 0.0113. The number of methoxy groups -OCH3 is 1. The van der Waals surface area contributed by atoms with E-state index in [2.05, 4.69) is 17.4 Å². The number of carbonyl (C=O) groups excluding carboxylic acids is 1. The van der Waals surface area contributed by atoms with Gasteiger partial charge in [-0.05, 0) is 48.9 Å². The lowest BCUT2D eigenvalue weighted by atomic mass is 9.98. The van der Waals surface area contributed by atoms with E-state index in [0.717, 1.165) is 34.9 Å². The largest absolute Gasteiger partial charge is 0.496 e. The Hall–Kier alpha value is -2.12. The minimum atomic E-state index is -3.18. The van der Waals surface area contributed by atoms with E-state index in [0.29, 0.717) is 25.7 Å². The number of rotatable bonds is 6. The Morgan fingerprint density at radius 1 is 1.14 bits per heavy atom. The molecule has 0 aliphatic carbocycles. The van der Waals surface area contributed by atoms with Crippen LogP contribution in [0.3, 0.4) is 0 Å². The van der Waals surface area contributed by atoms with Gasteiger partial charge in [0.2, 0.25) is 15.9 Å². The van der Waals surface area contributed by atoms with Gasteiger partial charge in [-0.2, -0.15) is 4.31 Å². The summed E-state index contributed by atoms with van der Waals surface area (Å²) in [6.07, 6.45) is 5.45. The number of amides is 1. The third-order valence-corrected chi connectivity index (χ3v) is 7.60. The summed E-state index contributed by atoms with van der Waals surface area (Å²) in [5.74, 6) is 0.813. The van der Waals surface area contributed by atoms with E-state index < -0.39 is 10.0 Å². The van der Waals surface area contributed by atoms with E-state index in [1.807, 2.05) is 24.3 Å². The molecule has 2 aromatic carbocycles. The molecular formula is C22H28N2O4S. The molecule has 0 aromatic heterocycles. The summed E-state index contributed by atoms with van der Waals surface area (Å²) in [4.78, 5) is 12.6. The van der Waals surface area contributed by atoms with Gasteiger partial charge in [-0.25, -0.2) is 8.42 Å². The fourth-order valence-corrected chi connectivity index (χ4v) is 6.56. The predicted octanol–water partition coefficient (Wildman–Crippen LogP) is 2.85. The summed E-state index contributed by atoms with van der Waals surface area (Å²) in [7, 11) is -1.53. The van der Waals surface area contributed by atoms with Crippen LogP contribution in [-0.2, 0) is 21.2 Å². The van der Waals surface area contributed by atoms with Crippen molar-refractivity contribution in [2.45, 2.75) is 56.7 Å². The van der Waals surface area contributed by atoms with Crippen LogP contribution in [0.15, 0.2) is 36.4 Å². The number of nitrogens with one attached hydrogen (secondary N) is 1. The van der Waals surface area contributed by atoms with Crippen molar-refractivity contribution in [2.24, 2.45) is 0 Å². The van der Waals surface area contributed by atoms with Gasteiger partial charge in [0.1, 0.15) is 5.75 Å². The fourth-order valence-electron chi connectivity index (χ4n) is 5.10. The summed E-state index contributed by atoms with van der Waals surface area (Å²) in [6, 6.07) is 12.2. The second-order valence-corrected chi connectivity index (χ2v) is 10.1. The molecule has 6 nitrogen and oxygen atoms in total. The zero-order valence-electron chi connectivity index (χ0n) is 16.9. The lowest BCUT2D eigenvalue weighted by Crippen LogP contribution is -2.52. The SMILES string of the molecule is COc1ccc2ccccc2c1CCC(=O)NC1CC2CCC(C1)N2S(C)(=O)=O. The van der Waals surface area contributed by atoms with Crippen molar-refractivity contribution in [1.29, 1.82) is 0 Å². The van der Waals surface area contributed by atoms with Crippen LogP contribution in [0.4, 0.5) is 0 Å². The summed E-state index contributed by atoms with van der Waals surface area (Å²) >= 11 is 0. The number of hydrogen-bond donors (Lipinski definition) is 1. The van der Waals surface area contributed by atoms with Crippen LogP contribution in [0.5, 0.6) is 5.75 Å². The van der Waals surface area contributed by atoms with Gasteiger partial charge in [-0.3, -0.25) is 4.79 Å². The Bertz CT molecular complexity index is 1010. The number of sulfonamides is 1. The molecule has 2 bridgehead atoms. The fraction of sp³-hybridized carbons (Fsp3) is 0.500. The highest BCUT2D eigenvalue weighted by atomic mass is 32.2. The molecule has 2 saturated heterocycles. The van der Waals surface area contributed by atoms with E-state index in [-0.39, 0.29) is 24.0 Å². The van der Waals surface area contributed by atoms with Gasteiger partial charge >= 0.3 is 0 Å². The highest BCUT2D eigenvalue weighted by molar-refractivity contribution is 7.88. The molecule has 1 amide bonds. The van der Waals surface area contributed by atoms with Crippen molar-refractivity contribution in [3.8, 4) is 5.75 Å². The molecule has 156 valence electrons. The Morgan fingerprint density at radius 3 is 2.48 bits per heavy atom. The average molecular weight is 417 g/mol. The second kappa shape index (κ2) is 7.95. The lowest BCUT2D eigenvalue weighted by molar-refractivity contribution is -0.122. The molecule has 0 saturated carbocycles. The summed E-state index contributed by atoms with van der Waals surface area (Å²) in [6.45, 7) is 0. The highest BCUT2D eigenvalue weighted by Crippen LogP contribution is 2.37. The highest BCUT2D eigenvalue weighted by Gasteiger charge is 2.45. The number of hydrogen-bond acceptors (Lipinski definition) is 4. The van der Waals surface area contributed by atoms with Crippen molar-refractivity contribution in [2.75, 3.05) is 13.4 Å². The van der Waals surface area contributed by atoms with Gasteiger partial charge in [0.25, 0.3) is 0 Å². The van der Waals surface area contributed by atoms with Crippen LogP contribution < -0.4 is 10.1 Å². The van der Waals surface area contributed by atoms with Crippen LogP contribution in [0.25, 0.3) is 10.8 Å². The molecule has 2 aromatic rings. The van der Waals surface area contributed by atoms with Crippen LogP contribution in [-0.4, -0.2) is 50.1 Å². The minimum Gasteiger partial charge on any atom is -0.496 e. The molecule has 1 N–H and O–H groups in total. The number of piperidine rings is 1. The van der Waals surface area contributed by atoms with E-state index in [4.69, 9.17) is 4.74 Å². The van der Waals surface area contributed by atoms with Gasteiger partial charge in [0, 0.05) is 30.1 Å². The summed E-state index contributed by atoms with van der Waals surface area (Å²) in [5, 5.41) is 5.39. The van der Waals surface area contributed by atoms with Crippen LogP contribution in [0, 0.1) is 0 Å². The number of carbonyl (C=O) groups is 1. The third-order valence-electron chi connectivity index (χ3n) is 6.23. The molecular weight excluding hydrogens is 388 g/mol. The Morgan fingerprint density at radius 2 is 1.83 bits per heavy atom. The first kappa shape index (κ1) is 20.2. The van der Waals surface area contributed by atoms with Crippen molar-refractivity contribution < 1.29 is 17.9 Å². The Balaban J connectivity index is 1.40. The first-order valence-electron chi connectivity index (χ1n) is 10.2. The first-order valence-corrected chi connectivity index (χ1v) is 12.0. The molecule has 7 heteroatoms. The quantitative estimate of drug-likeness (QED) is 0.786. The standard InChI is InChI=1S/C22H28N2O4S/c1-28-21-11-7-15-5-3-4-6-19(15)20(21)10-12-22(25)23-16-13-17-8-9-18(14-16)24(17)29(2,26)27/h3-7,11,16-18H,8-10,12-14H2,1-2H3,(H,23,25). The maximum Gasteiger partial charge on any atom is 0.220 e. The van der Waals surface area contributed by atoms with E-state index in [1.54, 1.807) is 11.4 Å². The number of nitrogens with zero attached hydrogens (tertiary/aromatic N) is 1. The zero-order chi connectivity index (χ0) is 20.6. The third kappa shape index (κ3) is 4.12. The van der Waals surface area contributed by atoms with Crippen molar-refractivity contribution in [1.82, 2.24) is 9.62 Å². The van der Waals surface area contributed by atoms with Gasteiger partial charge in [-0.15, -0.1) is 0 Å². The average Bonchev–Trinajstić information content (AvgIpc) is 2.98. The van der Waals surface area contributed by atoms with E-state index in [1.165, 1.54) is 6.26 Å². The molecule has 4 rings (SSSR count). The molecule has 2 heterocycles. The molecule has 2 fully saturated rings. The lowest BCUT2D eigenvalue weighted by Gasteiger charge is -2.37. The van der Waals surface area contributed by atoms with Crippen LogP contribution in [0.1, 0.15) is 37.7 Å². The number of aryl methyl sites for hydroxylation is 1. The number of benzene rings is 2. The number of ether oxygens (including phenoxy) is 1. The Kier molecular flexibility index (Phi) is 5.53. The molecule has 2 aliphatic heterocycles. The van der Waals surface area contributed by atoms with Crippen molar-refractivity contribution in [3.05, 3.63) is 42.0 Å². The van der Waals surface area contributed by atoms with Crippen molar-refractivity contribution >= 4 is 26.7 Å².